The second-order valence-corrected chi connectivity index (χ2v) is 8.42. The lowest BCUT2D eigenvalue weighted by Gasteiger charge is -2.30. The number of aryl methyl sites for hydroxylation is 2. The van der Waals surface area contributed by atoms with E-state index in [9.17, 15) is 18.0 Å². The van der Waals surface area contributed by atoms with Gasteiger partial charge in [-0.3, -0.25) is 13.9 Å². The van der Waals surface area contributed by atoms with E-state index in [-0.39, 0.29) is 35.6 Å². The largest absolute Gasteiger partial charge is 0.466 e. The van der Waals surface area contributed by atoms with E-state index in [1.54, 1.807) is 27.1 Å². The third kappa shape index (κ3) is 3.05. The zero-order chi connectivity index (χ0) is 19.1. The number of carbonyl (C=O) groups excluding carboxylic acids is 1. The molecule has 2 heterocycles. The number of carbonyl (C=O) groups is 1. The van der Waals surface area contributed by atoms with Gasteiger partial charge in [0.1, 0.15) is 0 Å². The molecule has 0 aliphatic carbocycles. The molecule has 1 aromatic heterocycles. The average Bonchev–Trinajstić information content (AvgIpc) is 2.86. The predicted molar refractivity (Wildman–Crippen MR) is 96.3 cm³/mol. The summed E-state index contributed by atoms with van der Waals surface area (Å²) in [6, 6.07) is 4.70. The lowest BCUT2D eigenvalue weighted by atomic mass is 9.98. The van der Waals surface area contributed by atoms with Gasteiger partial charge in [0.2, 0.25) is 10.0 Å². The first-order valence-corrected chi connectivity index (χ1v) is 10.0. The third-order valence-electron chi connectivity index (χ3n) is 4.96. The van der Waals surface area contributed by atoms with Crippen molar-refractivity contribution in [1.29, 1.82) is 0 Å². The van der Waals surface area contributed by atoms with E-state index in [1.165, 1.54) is 25.6 Å². The zero-order valence-corrected chi connectivity index (χ0v) is 16.0. The summed E-state index contributed by atoms with van der Waals surface area (Å²) in [5.41, 5.74) is 1.04. The van der Waals surface area contributed by atoms with Gasteiger partial charge in [0.15, 0.2) is 0 Å². The number of imidazole rings is 1. The zero-order valence-electron chi connectivity index (χ0n) is 15.1. The Morgan fingerprint density at radius 1 is 1.15 bits per heavy atom. The third-order valence-corrected chi connectivity index (χ3v) is 6.85. The van der Waals surface area contributed by atoms with E-state index in [0.717, 1.165) is 0 Å². The molecule has 142 valence electrons. The van der Waals surface area contributed by atoms with Gasteiger partial charge < -0.3 is 4.74 Å². The molecule has 1 aliphatic rings. The van der Waals surface area contributed by atoms with Crippen LogP contribution in [0.3, 0.4) is 0 Å². The van der Waals surface area contributed by atoms with E-state index in [1.807, 2.05) is 0 Å². The highest BCUT2D eigenvalue weighted by Crippen LogP contribution is 2.26. The van der Waals surface area contributed by atoms with Gasteiger partial charge >= 0.3 is 11.7 Å². The number of hydrogen-bond acceptors (Lipinski definition) is 5. The van der Waals surface area contributed by atoms with Crippen molar-refractivity contribution < 1.29 is 17.9 Å². The summed E-state index contributed by atoms with van der Waals surface area (Å²) >= 11 is 0. The molecule has 1 saturated heterocycles. The average molecular weight is 381 g/mol. The van der Waals surface area contributed by atoms with Gasteiger partial charge in [-0.05, 0) is 38.0 Å². The standard InChI is InChI=1S/C17H23N3O5S/c1-4-25-16(21)12-7-9-20(10-8-12)26(23,24)13-5-6-14-15(11-13)19(3)17(22)18(14)2/h5-6,11-12H,4,7-10H2,1-3H3. The fourth-order valence-corrected chi connectivity index (χ4v) is 4.88. The fraction of sp³-hybridized carbons (Fsp3) is 0.529. The van der Waals surface area contributed by atoms with Gasteiger partial charge in [-0.25, -0.2) is 13.2 Å². The minimum atomic E-state index is -3.68. The van der Waals surface area contributed by atoms with Crippen molar-refractivity contribution in [3.8, 4) is 0 Å². The lowest BCUT2D eigenvalue weighted by molar-refractivity contribution is -0.149. The van der Waals surface area contributed by atoms with E-state index >= 15 is 0 Å². The normalized spacial score (nSPS) is 16.9. The number of esters is 1. The van der Waals surface area contributed by atoms with Gasteiger partial charge in [-0.2, -0.15) is 4.31 Å². The Balaban J connectivity index is 1.85. The Bertz CT molecular complexity index is 997. The molecule has 0 amide bonds. The van der Waals surface area contributed by atoms with Crippen LogP contribution in [0.5, 0.6) is 0 Å². The molecule has 1 aliphatic heterocycles. The maximum absolute atomic E-state index is 13.0. The molecule has 0 spiro atoms. The molecule has 1 aromatic carbocycles. The summed E-state index contributed by atoms with van der Waals surface area (Å²) in [4.78, 5) is 24.0. The highest BCUT2D eigenvalue weighted by Gasteiger charge is 2.33. The maximum Gasteiger partial charge on any atom is 0.328 e. The smallest absolute Gasteiger partial charge is 0.328 e. The minimum Gasteiger partial charge on any atom is -0.466 e. The number of aromatic nitrogens is 2. The summed E-state index contributed by atoms with van der Waals surface area (Å²) in [5.74, 6) is -0.510. The molecular formula is C17H23N3O5S. The summed E-state index contributed by atoms with van der Waals surface area (Å²) in [6.45, 7) is 2.63. The summed E-state index contributed by atoms with van der Waals surface area (Å²) in [6.07, 6.45) is 0.897. The van der Waals surface area contributed by atoms with Crippen molar-refractivity contribution in [1.82, 2.24) is 13.4 Å². The van der Waals surface area contributed by atoms with Crippen molar-refractivity contribution in [2.45, 2.75) is 24.7 Å². The maximum atomic E-state index is 13.0. The van der Waals surface area contributed by atoms with E-state index < -0.39 is 10.0 Å². The van der Waals surface area contributed by atoms with Gasteiger partial charge in [-0.1, -0.05) is 0 Å². The summed E-state index contributed by atoms with van der Waals surface area (Å²) < 4.78 is 35.2. The van der Waals surface area contributed by atoms with Crippen molar-refractivity contribution >= 4 is 27.0 Å². The van der Waals surface area contributed by atoms with Crippen LogP contribution in [0.4, 0.5) is 0 Å². The molecule has 0 unspecified atom stereocenters. The topological polar surface area (TPSA) is 90.6 Å². The van der Waals surface area contributed by atoms with Crippen LogP contribution in [-0.4, -0.2) is 47.5 Å². The second-order valence-electron chi connectivity index (χ2n) is 6.48. The Morgan fingerprint density at radius 3 is 2.38 bits per heavy atom. The quantitative estimate of drug-likeness (QED) is 0.732. The molecule has 8 nitrogen and oxygen atoms in total. The number of hydrogen-bond donors (Lipinski definition) is 0. The van der Waals surface area contributed by atoms with Crippen molar-refractivity contribution in [2.24, 2.45) is 20.0 Å². The first kappa shape index (κ1) is 18.7. The molecule has 0 bridgehead atoms. The van der Waals surface area contributed by atoms with E-state index in [0.29, 0.717) is 30.5 Å². The van der Waals surface area contributed by atoms with Crippen molar-refractivity contribution in [3.63, 3.8) is 0 Å². The van der Waals surface area contributed by atoms with Crippen LogP contribution < -0.4 is 5.69 Å². The Hall–Kier alpha value is -2.13. The van der Waals surface area contributed by atoms with Crippen molar-refractivity contribution in [3.05, 3.63) is 28.7 Å². The summed E-state index contributed by atoms with van der Waals surface area (Å²) in [5, 5.41) is 0. The van der Waals surface area contributed by atoms with Gasteiger partial charge in [0.25, 0.3) is 0 Å². The molecule has 3 rings (SSSR count). The number of fused-ring (bicyclic) bond motifs is 1. The first-order chi connectivity index (χ1) is 12.3. The number of rotatable bonds is 4. The van der Waals surface area contributed by atoms with Crippen LogP contribution in [0.1, 0.15) is 19.8 Å². The highest BCUT2D eigenvalue weighted by molar-refractivity contribution is 7.89. The number of sulfonamides is 1. The first-order valence-electron chi connectivity index (χ1n) is 8.59. The van der Waals surface area contributed by atoms with Gasteiger partial charge in [-0.15, -0.1) is 0 Å². The molecule has 9 heteroatoms. The van der Waals surface area contributed by atoms with Crippen LogP contribution in [0, 0.1) is 5.92 Å². The van der Waals surface area contributed by atoms with Crippen LogP contribution in [0.15, 0.2) is 27.9 Å². The van der Waals surface area contributed by atoms with Crippen LogP contribution in [0.25, 0.3) is 11.0 Å². The molecule has 1 fully saturated rings. The number of nitrogens with zero attached hydrogens (tertiary/aromatic N) is 3. The molecule has 0 N–H and O–H groups in total. The highest BCUT2D eigenvalue weighted by atomic mass is 32.2. The Morgan fingerprint density at radius 2 is 1.77 bits per heavy atom. The Labute approximate surface area is 152 Å². The predicted octanol–water partition coefficient (Wildman–Crippen LogP) is 0.841. The molecule has 26 heavy (non-hydrogen) atoms. The van der Waals surface area contributed by atoms with Crippen molar-refractivity contribution in [2.75, 3.05) is 19.7 Å². The van der Waals surface area contributed by atoms with Gasteiger partial charge in [0, 0.05) is 27.2 Å². The Kier molecular flexibility index (Phi) is 4.94. The monoisotopic (exact) mass is 381 g/mol. The van der Waals surface area contributed by atoms with E-state index in [4.69, 9.17) is 4.74 Å². The summed E-state index contributed by atoms with van der Waals surface area (Å²) in [7, 11) is -0.410. The number of benzene rings is 1. The van der Waals surface area contributed by atoms with Crippen LogP contribution in [0.2, 0.25) is 0 Å². The van der Waals surface area contributed by atoms with E-state index in [2.05, 4.69) is 0 Å². The SMILES string of the molecule is CCOC(=O)C1CCN(S(=O)(=O)c2ccc3c(c2)n(C)c(=O)n3C)CC1. The second kappa shape index (κ2) is 6.88. The molecule has 2 aromatic rings. The molecular weight excluding hydrogens is 358 g/mol. The lowest BCUT2D eigenvalue weighted by Crippen LogP contribution is -2.40. The van der Waals surface area contributed by atoms with Crippen LogP contribution >= 0.6 is 0 Å². The van der Waals surface area contributed by atoms with Crippen LogP contribution in [-0.2, 0) is 33.7 Å². The molecule has 0 radical (unpaired) electrons. The molecule has 0 atom stereocenters. The fourth-order valence-electron chi connectivity index (χ4n) is 3.39. The number of ether oxygens (including phenoxy) is 1. The number of piperidine rings is 1. The molecule has 0 saturated carbocycles. The van der Waals surface area contributed by atoms with Gasteiger partial charge in [0.05, 0.1) is 28.5 Å². The minimum absolute atomic E-state index is 0.154.